The maximum atomic E-state index is 12.2. The molecule has 180 valence electrons. The van der Waals surface area contributed by atoms with Crippen LogP contribution in [0.1, 0.15) is 32.3 Å². The Morgan fingerprint density at radius 2 is 1.97 bits per heavy atom. The third kappa shape index (κ3) is 5.73. The Bertz CT molecular complexity index is 905. The van der Waals surface area contributed by atoms with Crippen LogP contribution in [0, 0.1) is 17.8 Å². The molecule has 0 bridgehead atoms. The third-order valence-corrected chi connectivity index (χ3v) is 5.94. The first-order chi connectivity index (χ1) is 15.6. The lowest BCUT2D eigenvalue weighted by Crippen LogP contribution is -2.54. The fourth-order valence-electron chi connectivity index (χ4n) is 4.24. The molecule has 5 atom stereocenters. The minimum atomic E-state index is -1.95. The van der Waals surface area contributed by atoms with E-state index in [9.17, 15) is 30.0 Å². The van der Waals surface area contributed by atoms with Crippen molar-refractivity contribution in [2.24, 2.45) is 17.8 Å². The number of aromatic hydroxyl groups is 1. The van der Waals surface area contributed by atoms with Gasteiger partial charge in [0.2, 0.25) is 6.29 Å². The number of carbonyl (C=O) groups excluding carboxylic acids is 2. The molecular formula is C24H30O9. The molecule has 33 heavy (non-hydrogen) atoms. The van der Waals surface area contributed by atoms with Crippen LogP contribution >= 0.6 is 0 Å². The van der Waals surface area contributed by atoms with E-state index in [-0.39, 0.29) is 31.1 Å². The lowest BCUT2D eigenvalue weighted by Gasteiger charge is -2.40. The van der Waals surface area contributed by atoms with Gasteiger partial charge in [0.1, 0.15) is 18.0 Å². The predicted octanol–water partition coefficient (Wildman–Crippen LogP) is 1.50. The SMILES string of the molecule is CC(C)CC(=O)O[C@H]1OC=C(CO)[C@H]2C[C@H](O)[C@](O)(COC(=O)C=Cc3ccc(O)cc3)[C@H]12. The number of carbonyl (C=O) groups is 2. The monoisotopic (exact) mass is 462 g/mol. The average Bonchev–Trinajstić information content (AvgIpc) is 3.03. The van der Waals surface area contributed by atoms with Crippen LogP contribution in [0.5, 0.6) is 5.75 Å². The van der Waals surface area contributed by atoms with Crippen molar-refractivity contribution in [1.29, 1.82) is 0 Å². The van der Waals surface area contributed by atoms with Gasteiger partial charge in [0.25, 0.3) is 0 Å². The zero-order chi connectivity index (χ0) is 24.2. The second-order valence-electron chi connectivity index (χ2n) is 8.85. The number of ether oxygens (including phenoxy) is 3. The summed E-state index contributed by atoms with van der Waals surface area (Å²) in [6.45, 7) is 2.80. The fourth-order valence-corrected chi connectivity index (χ4v) is 4.24. The molecule has 0 aromatic heterocycles. The van der Waals surface area contributed by atoms with Crippen LogP contribution in [-0.2, 0) is 23.8 Å². The maximum absolute atomic E-state index is 12.2. The summed E-state index contributed by atoms with van der Waals surface area (Å²) in [5.41, 5.74) is -0.853. The van der Waals surface area contributed by atoms with Crippen LogP contribution in [0.25, 0.3) is 6.08 Å². The van der Waals surface area contributed by atoms with Gasteiger partial charge in [0, 0.05) is 18.4 Å². The van der Waals surface area contributed by atoms with Gasteiger partial charge in [0.05, 0.1) is 24.9 Å². The van der Waals surface area contributed by atoms with E-state index in [1.807, 2.05) is 13.8 Å². The summed E-state index contributed by atoms with van der Waals surface area (Å²) >= 11 is 0. The van der Waals surface area contributed by atoms with Crippen LogP contribution in [-0.4, -0.2) is 63.6 Å². The summed E-state index contributed by atoms with van der Waals surface area (Å²) in [5, 5.41) is 41.0. The first-order valence-corrected chi connectivity index (χ1v) is 10.8. The topological polar surface area (TPSA) is 143 Å². The van der Waals surface area contributed by atoms with Crippen LogP contribution in [0.3, 0.4) is 0 Å². The van der Waals surface area contributed by atoms with Crippen molar-refractivity contribution in [3.05, 3.63) is 47.7 Å². The van der Waals surface area contributed by atoms with E-state index in [4.69, 9.17) is 14.2 Å². The van der Waals surface area contributed by atoms with Gasteiger partial charge < -0.3 is 34.6 Å². The summed E-state index contributed by atoms with van der Waals surface area (Å²) in [6.07, 6.45) is 1.65. The zero-order valence-electron chi connectivity index (χ0n) is 18.6. The van der Waals surface area contributed by atoms with Crippen LogP contribution < -0.4 is 0 Å². The normalized spacial score (nSPS) is 28.8. The fraction of sp³-hybridized carbons (Fsp3) is 0.500. The van der Waals surface area contributed by atoms with Crippen molar-refractivity contribution in [3.63, 3.8) is 0 Å². The van der Waals surface area contributed by atoms with Crippen LogP contribution in [0.2, 0.25) is 0 Å². The molecule has 1 aliphatic carbocycles. The van der Waals surface area contributed by atoms with Crippen molar-refractivity contribution >= 4 is 18.0 Å². The Morgan fingerprint density at radius 1 is 1.27 bits per heavy atom. The standard InChI is InChI=1S/C24H30O9/c1-14(2)9-21(29)33-23-22-18(16(11-25)12-31-23)10-19(27)24(22,30)13-32-20(28)8-5-15-3-6-17(26)7-4-15/h3-8,12,14,18-19,22-23,25-27,30H,9-11,13H2,1-2H3/t18-,19+,22+,23-,24-/m1/s1. The zero-order valence-corrected chi connectivity index (χ0v) is 18.6. The van der Waals surface area contributed by atoms with E-state index in [0.29, 0.717) is 11.1 Å². The van der Waals surface area contributed by atoms with E-state index >= 15 is 0 Å². The first kappa shape index (κ1) is 24.8. The van der Waals surface area contributed by atoms with E-state index in [1.54, 1.807) is 12.1 Å². The Balaban J connectivity index is 1.73. The molecule has 9 nitrogen and oxygen atoms in total. The van der Waals surface area contributed by atoms with Gasteiger partial charge in [-0.1, -0.05) is 26.0 Å². The second-order valence-corrected chi connectivity index (χ2v) is 8.85. The average molecular weight is 462 g/mol. The van der Waals surface area contributed by atoms with Gasteiger partial charge >= 0.3 is 11.9 Å². The molecule has 1 heterocycles. The molecule has 1 saturated carbocycles. The minimum Gasteiger partial charge on any atom is -0.508 e. The van der Waals surface area contributed by atoms with E-state index in [2.05, 4.69) is 0 Å². The number of hydrogen-bond donors (Lipinski definition) is 4. The summed E-state index contributed by atoms with van der Waals surface area (Å²) < 4.78 is 16.2. The van der Waals surface area contributed by atoms with Gasteiger partial charge in [-0.15, -0.1) is 0 Å². The van der Waals surface area contributed by atoms with Gasteiger partial charge in [-0.2, -0.15) is 0 Å². The molecule has 9 heteroatoms. The highest BCUT2D eigenvalue weighted by Gasteiger charge is 2.61. The molecule has 0 amide bonds. The largest absolute Gasteiger partial charge is 0.508 e. The minimum absolute atomic E-state index is 0.0507. The Hall–Kier alpha value is -2.88. The predicted molar refractivity (Wildman–Crippen MR) is 116 cm³/mol. The summed E-state index contributed by atoms with van der Waals surface area (Å²) in [5.74, 6) is -2.59. The van der Waals surface area contributed by atoms with E-state index < -0.39 is 48.4 Å². The number of benzene rings is 1. The maximum Gasteiger partial charge on any atom is 0.330 e. The van der Waals surface area contributed by atoms with Crippen LogP contribution in [0.15, 0.2) is 42.2 Å². The van der Waals surface area contributed by atoms with Crippen molar-refractivity contribution in [2.75, 3.05) is 13.2 Å². The number of aliphatic hydroxyl groups excluding tert-OH is 2. The van der Waals surface area contributed by atoms with Gasteiger partial charge in [-0.25, -0.2) is 4.79 Å². The van der Waals surface area contributed by atoms with Crippen molar-refractivity contribution in [1.82, 2.24) is 0 Å². The first-order valence-electron chi connectivity index (χ1n) is 10.8. The molecule has 3 rings (SSSR count). The van der Waals surface area contributed by atoms with E-state index in [1.165, 1.54) is 24.5 Å². The summed E-state index contributed by atoms with van der Waals surface area (Å²) in [6, 6.07) is 6.16. The number of aliphatic hydroxyl groups is 3. The summed E-state index contributed by atoms with van der Waals surface area (Å²) in [7, 11) is 0. The van der Waals surface area contributed by atoms with Gasteiger partial charge in [-0.05, 0) is 41.7 Å². The smallest absolute Gasteiger partial charge is 0.330 e. The van der Waals surface area contributed by atoms with Crippen LogP contribution in [0.4, 0.5) is 0 Å². The lowest BCUT2D eigenvalue weighted by atomic mass is 9.80. The molecule has 4 N–H and O–H groups in total. The second kappa shape index (κ2) is 10.4. The number of hydrogen-bond acceptors (Lipinski definition) is 9. The number of esters is 2. The molecule has 1 aromatic carbocycles. The third-order valence-electron chi connectivity index (χ3n) is 5.94. The molecule has 1 aliphatic heterocycles. The van der Waals surface area contributed by atoms with E-state index in [0.717, 1.165) is 6.08 Å². The van der Waals surface area contributed by atoms with Crippen molar-refractivity contribution < 1.29 is 44.2 Å². The highest BCUT2D eigenvalue weighted by atomic mass is 16.7. The quantitative estimate of drug-likeness (QED) is 0.334. The molecule has 0 saturated heterocycles. The molecule has 0 spiro atoms. The Labute approximate surface area is 191 Å². The summed E-state index contributed by atoms with van der Waals surface area (Å²) in [4.78, 5) is 24.5. The number of phenols is 1. The lowest BCUT2D eigenvalue weighted by molar-refractivity contribution is -0.221. The Kier molecular flexibility index (Phi) is 7.78. The van der Waals surface area contributed by atoms with Gasteiger partial charge in [0.15, 0.2) is 0 Å². The number of phenolic OH excluding ortho intramolecular Hbond substituents is 1. The van der Waals surface area contributed by atoms with Crippen molar-refractivity contribution in [2.45, 2.75) is 44.7 Å². The molecule has 0 unspecified atom stereocenters. The molecule has 1 aromatic rings. The highest BCUT2D eigenvalue weighted by Crippen LogP contribution is 2.49. The van der Waals surface area contributed by atoms with Gasteiger partial charge in [-0.3, -0.25) is 4.79 Å². The number of rotatable bonds is 8. The number of fused-ring (bicyclic) bond motifs is 1. The molecule has 1 fully saturated rings. The molecule has 0 radical (unpaired) electrons. The Morgan fingerprint density at radius 3 is 2.61 bits per heavy atom. The van der Waals surface area contributed by atoms with Crippen molar-refractivity contribution in [3.8, 4) is 5.75 Å². The highest BCUT2D eigenvalue weighted by molar-refractivity contribution is 5.87. The molecular weight excluding hydrogens is 432 g/mol. The molecule has 2 aliphatic rings.